The number of hydrogen-bond acceptors (Lipinski definition) is 3. The van der Waals surface area contributed by atoms with E-state index < -0.39 is 0 Å². The molecule has 94 valence electrons. The second-order valence-corrected chi connectivity index (χ2v) is 4.26. The molecule has 1 atom stereocenters. The fourth-order valence-electron chi connectivity index (χ4n) is 1.55. The summed E-state index contributed by atoms with van der Waals surface area (Å²) >= 11 is 5.72. The molecular formula is C13H18ClNO2. The molecule has 1 aromatic rings. The van der Waals surface area contributed by atoms with Gasteiger partial charge in [0, 0.05) is 29.2 Å². The van der Waals surface area contributed by atoms with Gasteiger partial charge in [-0.1, -0.05) is 24.2 Å². The molecule has 0 fully saturated rings. The normalized spacial score (nSPS) is 12.0. The third-order valence-electron chi connectivity index (χ3n) is 2.51. The molecular weight excluding hydrogens is 238 g/mol. The van der Waals surface area contributed by atoms with Crippen molar-refractivity contribution in [2.24, 2.45) is 0 Å². The van der Waals surface area contributed by atoms with Gasteiger partial charge in [-0.15, -0.1) is 0 Å². The number of nitrogens with one attached hydrogen (secondary N) is 1. The van der Waals surface area contributed by atoms with Crippen LogP contribution in [0.25, 0.3) is 0 Å². The van der Waals surface area contributed by atoms with E-state index >= 15 is 0 Å². The van der Waals surface area contributed by atoms with Crippen LogP contribution in [-0.2, 0) is 0 Å². The summed E-state index contributed by atoms with van der Waals surface area (Å²) in [6, 6.07) is 5.88. The third kappa shape index (κ3) is 3.95. The Morgan fingerprint density at radius 2 is 2.12 bits per heavy atom. The van der Waals surface area contributed by atoms with Gasteiger partial charge in [0.05, 0.1) is 14.2 Å². The fourth-order valence-corrected chi connectivity index (χ4v) is 1.63. The lowest BCUT2D eigenvalue weighted by molar-refractivity contribution is 0.386. The summed E-state index contributed by atoms with van der Waals surface area (Å²) in [7, 11) is 3.28. The van der Waals surface area contributed by atoms with Crippen molar-refractivity contribution in [1.29, 1.82) is 0 Å². The average molecular weight is 256 g/mol. The molecule has 1 N–H and O–H groups in total. The van der Waals surface area contributed by atoms with Crippen molar-refractivity contribution in [3.8, 4) is 11.5 Å². The molecule has 0 saturated heterocycles. The molecule has 3 nitrogen and oxygen atoms in total. The Labute approximate surface area is 107 Å². The van der Waals surface area contributed by atoms with Crippen molar-refractivity contribution in [2.45, 2.75) is 13.0 Å². The number of hydrogen-bond donors (Lipinski definition) is 1. The Kier molecular flexibility index (Phi) is 5.32. The van der Waals surface area contributed by atoms with Gasteiger partial charge >= 0.3 is 0 Å². The first-order valence-electron chi connectivity index (χ1n) is 5.37. The Balaban J connectivity index is 2.84. The first-order valence-corrected chi connectivity index (χ1v) is 5.75. The first kappa shape index (κ1) is 13.9. The monoisotopic (exact) mass is 255 g/mol. The van der Waals surface area contributed by atoms with Crippen LogP contribution in [0.2, 0.25) is 0 Å². The van der Waals surface area contributed by atoms with Gasteiger partial charge in [-0.2, -0.15) is 0 Å². The predicted molar refractivity (Wildman–Crippen MR) is 71.0 cm³/mol. The van der Waals surface area contributed by atoms with E-state index in [1.54, 1.807) is 14.2 Å². The lowest BCUT2D eigenvalue weighted by Crippen LogP contribution is -2.20. The third-order valence-corrected chi connectivity index (χ3v) is 2.64. The Morgan fingerprint density at radius 3 is 2.65 bits per heavy atom. The van der Waals surface area contributed by atoms with Gasteiger partial charge in [-0.25, -0.2) is 0 Å². The van der Waals surface area contributed by atoms with E-state index in [2.05, 4.69) is 11.9 Å². The van der Waals surface area contributed by atoms with Crippen molar-refractivity contribution < 1.29 is 9.47 Å². The highest BCUT2D eigenvalue weighted by Crippen LogP contribution is 2.29. The zero-order valence-electron chi connectivity index (χ0n) is 10.4. The largest absolute Gasteiger partial charge is 0.497 e. The molecule has 1 rings (SSSR count). The van der Waals surface area contributed by atoms with E-state index in [1.807, 2.05) is 25.1 Å². The van der Waals surface area contributed by atoms with Crippen LogP contribution in [0.3, 0.4) is 0 Å². The second kappa shape index (κ2) is 6.52. The van der Waals surface area contributed by atoms with Crippen LogP contribution in [0.1, 0.15) is 18.5 Å². The quantitative estimate of drug-likeness (QED) is 0.847. The van der Waals surface area contributed by atoms with Gasteiger partial charge in [-0.05, 0) is 13.0 Å². The van der Waals surface area contributed by atoms with Crippen LogP contribution < -0.4 is 14.8 Å². The first-order chi connectivity index (χ1) is 8.08. The van der Waals surface area contributed by atoms with E-state index in [4.69, 9.17) is 21.1 Å². The molecule has 17 heavy (non-hydrogen) atoms. The van der Waals surface area contributed by atoms with Crippen molar-refractivity contribution in [2.75, 3.05) is 20.8 Å². The van der Waals surface area contributed by atoms with E-state index in [-0.39, 0.29) is 6.04 Å². The van der Waals surface area contributed by atoms with Crippen LogP contribution >= 0.6 is 11.6 Å². The number of benzene rings is 1. The lowest BCUT2D eigenvalue weighted by Gasteiger charge is -2.17. The minimum atomic E-state index is 0.131. The van der Waals surface area contributed by atoms with E-state index in [0.717, 1.165) is 17.1 Å². The van der Waals surface area contributed by atoms with Crippen LogP contribution in [0.5, 0.6) is 11.5 Å². The maximum Gasteiger partial charge on any atom is 0.127 e. The van der Waals surface area contributed by atoms with E-state index in [0.29, 0.717) is 11.6 Å². The van der Waals surface area contributed by atoms with Crippen LogP contribution in [0.4, 0.5) is 0 Å². The minimum Gasteiger partial charge on any atom is -0.497 e. The minimum absolute atomic E-state index is 0.131. The summed E-state index contributed by atoms with van der Waals surface area (Å²) in [6.45, 7) is 6.26. The highest BCUT2D eigenvalue weighted by Gasteiger charge is 2.11. The highest BCUT2D eigenvalue weighted by atomic mass is 35.5. The van der Waals surface area contributed by atoms with Crippen molar-refractivity contribution >= 4 is 11.6 Å². The molecule has 0 spiro atoms. The zero-order valence-corrected chi connectivity index (χ0v) is 11.2. The predicted octanol–water partition coefficient (Wildman–Crippen LogP) is 3.11. The Morgan fingerprint density at radius 1 is 1.41 bits per heavy atom. The maximum absolute atomic E-state index is 5.72. The van der Waals surface area contributed by atoms with Gasteiger partial charge in [-0.3, -0.25) is 0 Å². The number of methoxy groups -OCH3 is 2. The van der Waals surface area contributed by atoms with Gasteiger partial charge in [0.1, 0.15) is 11.5 Å². The van der Waals surface area contributed by atoms with E-state index in [9.17, 15) is 0 Å². The standard InChI is InChI=1S/C13H18ClNO2/c1-9(14)8-15-10(2)12-6-5-11(16-3)7-13(12)17-4/h5-7,10,15H,1,8H2,2-4H3. The summed E-state index contributed by atoms with van der Waals surface area (Å²) in [5.41, 5.74) is 1.06. The molecule has 0 aliphatic rings. The second-order valence-electron chi connectivity index (χ2n) is 3.73. The highest BCUT2D eigenvalue weighted by molar-refractivity contribution is 6.29. The van der Waals surface area contributed by atoms with Crippen LogP contribution in [0, 0.1) is 0 Å². The van der Waals surface area contributed by atoms with Gasteiger partial charge in [0.15, 0.2) is 0 Å². The van der Waals surface area contributed by atoms with Crippen molar-refractivity contribution in [3.05, 3.63) is 35.4 Å². The molecule has 4 heteroatoms. The molecule has 0 aromatic heterocycles. The number of halogens is 1. The van der Waals surface area contributed by atoms with Crippen molar-refractivity contribution in [1.82, 2.24) is 5.32 Å². The number of rotatable bonds is 6. The Hall–Kier alpha value is -1.19. The average Bonchev–Trinajstić information content (AvgIpc) is 2.34. The SMILES string of the molecule is C=C(Cl)CNC(C)c1ccc(OC)cc1OC. The van der Waals surface area contributed by atoms with Gasteiger partial charge in [0.25, 0.3) is 0 Å². The molecule has 0 radical (unpaired) electrons. The topological polar surface area (TPSA) is 30.5 Å². The fraction of sp³-hybridized carbons (Fsp3) is 0.385. The van der Waals surface area contributed by atoms with Crippen LogP contribution in [0.15, 0.2) is 29.8 Å². The summed E-state index contributed by atoms with van der Waals surface area (Å²) in [5, 5.41) is 3.85. The smallest absolute Gasteiger partial charge is 0.127 e. The molecule has 0 saturated carbocycles. The Bertz CT molecular complexity index is 393. The molecule has 0 bridgehead atoms. The molecule has 0 heterocycles. The molecule has 1 aromatic carbocycles. The molecule has 0 aliphatic carbocycles. The molecule has 0 aliphatic heterocycles. The number of ether oxygens (including phenoxy) is 2. The molecule has 1 unspecified atom stereocenters. The summed E-state index contributed by atoms with van der Waals surface area (Å²) < 4.78 is 10.5. The summed E-state index contributed by atoms with van der Waals surface area (Å²) in [5.74, 6) is 1.57. The molecule has 0 amide bonds. The zero-order chi connectivity index (χ0) is 12.8. The van der Waals surface area contributed by atoms with Crippen LogP contribution in [-0.4, -0.2) is 20.8 Å². The summed E-state index contributed by atoms with van der Waals surface area (Å²) in [4.78, 5) is 0. The van der Waals surface area contributed by atoms with Gasteiger partial charge in [0.2, 0.25) is 0 Å². The maximum atomic E-state index is 5.72. The van der Waals surface area contributed by atoms with Crippen molar-refractivity contribution in [3.63, 3.8) is 0 Å². The summed E-state index contributed by atoms with van der Waals surface area (Å²) in [6.07, 6.45) is 0. The van der Waals surface area contributed by atoms with Gasteiger partial charge < -0.3 is 14.8 Å². The lowest BCUT2D eigenvalue weighted by atomic mass is 10.1. The van der Waals surface area contributed by atoms with E-state index in [1.165, 1.54) is 0 Å².